The second kappa shape index (κ2) is 7.73. The number of ether oxygens (including phenoxy) is 1. The monoisotopic (exact) mass is 396 g/mol. The lowest BCUT2D eigenvalue weighted by Crippen LogP contribution is -2.16. The van der Waals surface area contributed by atoms with Crippen molar-refractivity contribution < 1.29 is 9.13 Å². The van der Waals surface area contributed by atoms with Crippen molar-refractivity contribution in [2.24, 2.45) is 0 Å². The van der Waals surface area contributed by atoms with Crippen molar-refractivity contribution in [3.05, 3.63) is 63.5 Å². The Bertz CT molecular complexity index is 1210. The standard InChI is InChI=1S/C22H21FN2O2S/c1-3-24-10-8-13-4-5-14(12-16(13)23)19-18(27-2)7-6-17-20(19)15-9-11-28-21(15)22(26)25-17/h4-7,9,11-12,24H,3,8,10H2,1-2H3,(H,25,26). The highest BCUT2D eigenvalue weighted by atomic mass is 32.1. The SMILES string of the molecule is CCNCCc1ccc(-c2c(OC)ccc3[nH]c(=O)c4sccc4c23)cc1F. The van der Waals surface area contributed by atoms with Crippen LogP contribution in [0.2, 0.25) is 0 Å². The molecule has 2 aromatic heterocycles. The molecular weight excluding hydrogens is 375 g/mol. The van der Waals surface area contributed by atoms with Crippen molar-refractivity contribution in [3.8, 4) is 16.9 Å². The predicted molar refractivity (Wildman–Crippen MR) is 114 cm³/mol. The van der Waals surface area contributed by atoms with Crippen molar-refractivity contribution in [1.29, 1.82) is 0 Å². The number of benzene rings is 2. The zero-order chi connectivity index (χ0) is 19.7. The van der Waals surface area contributed by atoms with Gasteiger partial charge >= 0.3 is 0 Å². The number of likely N-dealkylation sites (N-methyl/N-ethyl adjacent to an activating group) is 1. The number of aromatic amines is 1. The lowest BCUT2D eigenvalue weighted by atomic mass is 9.96. The molecule has 0 radical (unpaired) electrons. The van der Waals surface area contributed by atoms with Crippen LogP contribution in [0.4, 0.5) is 4.39 Å². The van der Waals surface area contributed by atoms with Crippen molar-refractivity contribution in [1.82, 2.24) is 10.3 Å². The van der Waals surface area contributed by atoms with Gasteiger partial charge < -0.3 is 15.0 Å². The number of thiophene rings is 1. The number of methoxy groups -OCH3 is 1. The van der Waals surface area contributed by atoms with Crippen molar-refractivity contribution in [2.75, 3.05) is 20.2 Å². The Morgan fingerprint density at radius 3 is 2.82 bits per heavy atom. The number of fused-ring (bicyclic) bond motifs is 3. The molecule has 0 bridgehead atoms. The summed E-state index contributed by atoms with van der Waals surface area (Å²) < 4.78 is 21.0. The van der Waals surface area contributed by atoms with Gasteiger partial charge in [0.1, 0.15) is 16.3 Å². The number of pyridine rings is 1. The van der Waals surface area contributed by atoms with E-state index in [2.05, 4.69) is 10.3 Å². The first kappa shape index (κ1) is 18.7. The fourth-order valence-corrected chi connectivity index (χ4v) is 4.39. The van der Waals surface area contributed by atoms with E-state index in [-0.39, 0.29) is 11.4 Å². The summed E-state index contributed by atoms with van der Waals surface area (Å²) in [5.74, 6) is 0.410. The summed E-state index contributed by atoms with van der Waals surface area (Å²) in [5, 5.41) is 6.84. The molecule has 6 heteroatoms. The number of nitrogens with one attached hydrogen (secondary N) is 2. The van der Waals surface area contributed by atoms with Crippen LogP contribution in [0.15, 0.2) is 46.6 Å². The Morgan fingerprint density at radius 2 is 2.07 bits per heavy atom. The number of hydrogen-bond donors (Lipinski definition) is 2. The van der Waals surface area contributed by atoms with Crippen molar-refractivity contribution in [2.45, 2.75) is 13.3 Å². The molecule has 0 unspecified atom stereocenters. The molecule has 2 heterocycles. The fraction of sp³-hybridized carbons (Fsp3) is 0.227. The smallest absolute Gasteiger partial charge is 0.266 e. The molecule has 0 spiro atoms. The minimum absolute atomic E-state index is 0.112. The highest BCUT2D eigenvalue weighted by Gasteiger charge is 2.17. The van der Waals surface area contributed by atoms with Gasteiger partial charge in [0, 0.05) is 21.9 Å². The summed E-state index contributed by atoms with van der Waals surface area (Å²) in [7, 11) is 1.60. The molecule has 0 fully saturated rings. The second-order valence-corrected chi connectivity index (χ2v) is 7.51. The number of halogens is 1. The number of hydrogen-bond acceptors (Lipinski definition) is 4. The summed E-state index contributed by atoms with van der Waals surface area (Å²) in [6.07, 6.45) is 0.634. The van der Waals surface area contributed by atoms with E-state index in [9.17, 15) is 9.18 Å². The second-order valence-electron chi connectivity index (χ2n) is 6.59. The van der Waals surface area contributed by atoms with E-state index in [1.54, 1.807) is 13.2 Å². The van der Waals surface area contributed by atoms with Crippen LogP contribution in [0.1, 0.15) is 12.5 Å². The summed E-state index contributed by atoms with van der Waals surface area (Å²) in [6, 6.07) is 10.9. The number of H-pyrrole nitrogens is 1. The molecule has 0 saturated heterocycles. The van der Waals surface area contributed by atoms with E-state index >= 15 is 0 Å². The Labute approximate surface area is 166 Å². The quantitative estimate of drug-likeness (QED) is 0.464. The van der Waals surface area contributed by atoms with Crippen molar-refractivity contribution in [3.63, 3.8) is 0 Å². The van der Waals surface area contributed by atoms with Gasteiger partial charge in [0.05, 0.1) is 7.11 Å². The van der Waals surface area contributed by atoms with Gasteiger partial charge in [-0.25, -0.2) is 4.39 Å². The van der Waals surface area contributed by atoms with Gasteiger partial charge in [0.25, 0.3) is 5.56 Å². The molecule has 0 saturated carbocycles. The van der Waals surface area contributed by atoms with Gasteiger partial charge in [-0.15, -0.1) is 11.3 Å². The van der Waals surface area contributed by atoms with Crippen LogP contribution in [0.3, 0.4) is 0 Å². The molecule has 0 atom stereocenters. The van der Waals surface area contributed by atoms with E-state index in [0.717, 1.165) is 35.0 Å². The average Bonchev–Trinajstić information content (AvgIpc) is 3.19. The molecule has 0 aliphatic rings. The maximum atomic E-state index is 14.8. The first-order valence-corrected chi connectivity index (χ1v) is 10.1. The number of rotatable bonds is 6. The van der Waals surface area contributed by atoms with Crippen LogP contribution in [-0.2, 0) is 6.42 Å². The first-order valence-electron chi connectivity index (χ1n) is 9.23. The largest absolute Gasteiger partial charge is 0.496 e. The van der Waals surface area contributed by atoms with Crippen molar-refractivity contribution >= 4 is 32.3 Å². The van der Waals surface area contributed by atoms with Crippen LogP contribution in [0, 0.1) is 5.82 Å². The molecule has 0 amide bonds. The summed E-state index contributed by atoms with van der Waals surface area (Å²) >= 11 is 1.40. The Hall–Kier alpha value is -2.70. The van der Waals surface area contributed by atoms with E-state index < -0.39 is 0 Å². The minimum Gasteiger partial charge on any atom is -0.496 e. The highest BCUT2D eigenvalue weighted by molar-refractivity contribution is 7.17. The molecule has 4 aromatic rings. The van der Waals surface area contributed by atoms with E-state index in [0.29, 0.717) is 28.0 Å². The third-order valence-corrected chi connectivity index (χ3v) is 5.85. The van der Waals surface area contributed by atoms with E-state index in [1.807, 2.05) is 42.6 Å². The normalized spacial score (nSPS) is 11.4. The lowest BCUT2D eigenvalue weighted by molar-refractivity contribution is 0.417. The lowest BCUT2D eigenvalue weighted by Gasteiger charge is -2.14. The molecule has 28 heavy (non-hydrogen) atoms. The molecule has 144 valence electrons. The van der Waals surface area contributed by atoms with Gasteiger partial charge in [-0.2, -0.15) is 0 Å². The molecule has 4 nitrogen and oxygen atoms in total. The Balaban J connectivity index is 1.94. The van der Waals surface area contributed by atoms with Crippen LogP contribution < -0.4 is 15.6 Å². The van der Waals surface area contributed by atoms with E-state index in [1.165, 1.54) is 11.3 Å². The third kappa shape index (κ3) is 3.19. The van der Waals surface area contributed by atoms with Gasteiger partial charge in [0.2, 0.25) is 0 Å². The maximum absolute atomic E-state index is 14.8. The van der Waals surface area contributed by atoms with Crippen LogP contribution in [0.5, 0.6) is 5.75 Å². The van der Waals surface area contributed by atoms with Crippen LogP contribution in [-0.4, -0.2) is 25.2 Å². The highest BCUT2D eigenvalue weighted by Crippen LogP contribution is 2.40. The summed E-state index contributed by atoms with van der Waals surface area (Å²) in [5.41, 5.74) is 2.79. The predicted octanol–water partition coefficient (Wildman–Crippen LogP) is 4.71. The molecule has 0 aliphatic heterocycles. The Kier molecular flexibility index (Phi) is 5.15. The Morgan fingerprint density at radius 1 is 1.21 bits per heavy atom. The molecular formula is C22H21FN2O2S. The average molecular weight is 396 g/mol. The minimum atomic E-state index is -0.236. The fourth-order valence-electron chi connectivity index (χ4n) is 3.59. The van der Waals surface area contributed by atoms with Gasteiger partial charge in [-0.1, -0.05) is 19.1 Å². The molecule has 0 aliphatic carbocycles. The molecule has 4 rings (SSSR count). The zero-order valence-corrected chi connectivity index (χ0v) is 16.6. The molecule has 2 aromatic carbocycles. The van der Waals surface area contributed by atoms with E-state index in [4.69, 9.17) is 4.74 Å². The number of aromatic nitrogens is 1. The van der Waals surface area contributed by atoms with Crippen LogP contribution in [0.25, 0.3) is 32.1 Å². The first-order chi connectivity index (χ1) is 13.6. The van der Waals surface area contributed by atoms with Gasteiger partial charge in [-0.3, -0.25) is 4.79 Å². The van der Waals surface area contributed by atoms with Crippen LogP contribution >= 0.6 is 11.3 Å². The van der Waals surface area contributed by atoms with Gasteiger partial charge in [0.15, 0.2) is 0 Å². The third-order valence-electron chi connectivity index (χ3n) is 4.94. The zero-order valence-electron chi connectivity index (χ0n) is 15.8. The summed E-state index contributed by atoms with van der Waals surface area (Å²) in [6.45, 7) is 3.63. The molecule has 2 N–H and O–H groups in total. The maximum Gasteiger partial charge on any atom is 0.266 e. The topological polar surface area (TPSA) is 54.1 Å². The summed E-state index contributed by atoms with van der Waals surface area (Å²) in [4.78, 5) is 15.3. The van der Waals surface area contributed by atoms with Gasteiger partial charge in [-0.05, 0) is 60.3 Å².